The van der Waals surface area contributed by atoms with Gasteiger partial charge in [0.25, 0.3) is 0 Å². The van der Waals surface area contributed by atoms with E-state index < -0.39 is 11.7 Å². The first kappa shape index (κ1) is 20.0. The van der Waals surface area contributed by atoms with E-state index in [-0.39, 0.29) is 18.0 Å². The van der Waals surface area contributed by atoms with Crippen molar-refractivity contribution < 1.29 is 18.7 Å². The summed E-state index contributed by atoms with van der Waals surface area (Å²) in [6.07, 6.45) is 0.669. The molecule has 0 saturated carbocycles. The molecule has 0 spiro atoms. The smallest absolute Gasteiger partial charge is 0.224 e. The molecule has 2 amide bonds. The van der Waals surface area contributed by atoms with Crippen LogP contribution in [0.1, 0.15) is 19.8 Å². The van der Waals surface area contributed by atoms with Gasteiger partial charge in [-0.3, -0.25) is 9.59 Å². The van der Waals surface area contributed by atoms with Crippen LogP contribution in [0.25, 0.3) is 0 Å². The van der Waals surface area contributed by atoms with Crippen molar-refractivity contribution >= 4 is 46.4 Å². The molecule has 2 rings (SSSR count). The predicted octanol–water partition coefficient (Wildman–Crippen LogP) is 4.89. The van der Waals surface area contributed by atoms with Crippen molar-refractivity contribution in [2.45, 2.75) is 19.8 Å². The quantitative estimate of drug-likeness (QED) is 0.652. The third kappa shape index (κ3) is 6.20. The largest absolute Gasteiger partial charge is 0.492 e. The van der Waals surface area contributed by atoms with Gasteiger partial charge in [-0.05, 0) is 42.8 Å². The second-order valence-corrected chi connectivity index (χ2v) is 6.29. The molecule has 138 valence electrons. The van der Waals surface area contributed by atoms with Crippen LogP contribution in [0.2, 0.25) is 10.0 Å². The summed E-state index contributed by atoms with van der Waals surface area (Å²) >= 11 is 11.8. The maximum atomic E-state index is 13.6. The van der Waals surface area contributed by atoms with Gasteiger partial charge in [-0.25, -0.2) is 4.39 Å². The second kappa shape index (κ2) is 9.40. The van der Waals surface area contributed by atoms with Crippen molar-refractivity contribution in [3.63, 3.8) is 0 Å². The molecule has 0 aliphatic carbocycles. The number of nitrogens with one attached hydrogen (secondary N) is 2. The van der Waals surface area contributed by atoms with Gasteiger partial charge in [0.15, 0.2) is 0 Å². The van der Waals surface area contributed by atoms with Gasteiger partial charge in [0.1, 0.15) is 11.6 Å². The van der Waals surface area contributed by atoms with Gasteiger partial charge in [0.05, 0.1) is 17.3 Å². The van der Waals surface area contributed by atoms with Crippen LogP contribution in [-0.2, 0) is 9.59 Å². The molecule has 0 aromatic heterocycles. The van der Waals surface area contributed by atoms with Crippen LogP contribution >= 0.6 is 23.2 Å². The molecule has 5 nitrogen and oxygen atoms in total. The van der Waals surface area contributed by atoms with Crippen LogP contribution in [0.3, 0.4) is 0 Å². The molecular formula is C18H17Cl2FN2O3. The summed E-state index contributed by atoms with van der Waals surface area (Å²) in [6, 6.07) is 8.85. The number of carbonyl (C=O) groups excluding carboxylic acids is 2. The Hall–Kier alpha value is -2.31. The van der Waals surface area contributed by atoms with E-state index in [2.05, 4.69) is 10.6 Å². The first-order valence-corrected chi connectivity index (χ1v) is 8.55. The lowest BCUT2D eigenvalue weighted by Gasteiger charge is -2.10. The molecule has 0 heterocycles. The van der Waals surface area contributed by atoms with Crippen LogP contribution in [0, 0.1) is 5.82 Å². The van der Waals surface area contributed by atoms with Gasteiger partial charge in [0, 0.05) is 24.1 Å². The molecule has 0 unspecified atom stereocenters. The highest BCUT2D eigenvalue weighted by molar-refractivity contribution is 6.35. The number of ether oxygens (including phenoxy) is 1. The van der Waals surface area contributed by atoms with Gasteiger partial charge >= 0.3 is 0 Å². The van der Waals surface area contributed by atoms with E-state index in [0.29, 0.717) is 34.5 Å². The van der Waals surface area contributed by atoms with Gasteiger partial charge in [-0.15, -0.1) is 0 Å². The van der Waals surface area contributed by atoms with Gasteiger partial charge in [-0.1, -0.05) is 23.2 Å². The fraction of sp³-hybridized carbons (Fsp3) is 0.222. The number of anilines is 2. The molecule has 0 radical (unpaired) electrons. The number of rotatable bonds is 7. The SMILES string of the molecule is CC(=O)Nc1cc(NC(=O)CCCOc2ccc(Cl)cc2Cl)ccc1F. The standard InChI is InChI=1S/C18H17Cl2FN2O3/c1-11(24)22-16-10-13(5-6-15(16)21)23-18(25)3-2-8-26-17-7-4-12(19)9-14(17)20/h4-7,9-10H,2-3,8H2,1H3,(H,22,24)(H,23,25). The van der Waals surface area contributed by atoms with Crippen molar-refractivity contribution in [2.24, 2.45) is 0 Å². The highest BCUT2D eigenvalue weighted by Gasteiger charge is 2.08. The van der Waals surface area contributed by atoms with E-state index in [1.54, 1.807) is 18.2 Å². The Balaban J connectivity index is 1.81. The fourth-order valence-corrected chi connectivity index (χ4v) is 2.58. The van der Waals surface area contributed by atoms with Gasteiger partial charge < -0.3 is 15.4 Å². The van der Waals surface area contributed by atoms with E-state index in [4.69, 9.17) is 27.9 Å². The topological polar surface area (TPSA) is 67.4 Å². The number of benzene rings is 2. The maximum absolute atomic E-state index is 13.6. The Morgan fingerprint density at radius 3 is 2.58 bits per heavy atom. The van der Waals surface area contributed by atoms with Gasteiger partial charge in [0.2, 0.25) is 11.8 Å². The first-order chi connectivity index (χ1) is 12.3. The fourth-order valence-electron chi connectivity index (χ4n) is 2.12. The average molecular weight is 399 g/mol. The molecule has 0 saturated heterocycles. The molecule has 0 fully saturated rings. The van der Waals surface area contributed by atoms with E-state index in [1.165, 1.54) is 25.1 Å². The third-order valence-electron chi connectivity index (χ3n) is 3.26. The molecule has 0 aliphatic rings. The van der Waals surface area contributed by atoms with Gasteiger partial charge in [-0.2, -0.15) is 0 Å². The highest BCUT2D eigenvalue weighted by atomic mass is 35.5. The predicted molar refractivity (Wildman–Crippen MR) is 101 cm³/mol. The van der Waals surface area contributed by atoms with Crippen molar-refractivity contribution in [3.05, 3.63) is 52.3 Å². The maximum Gasteiger partial charge on any atom is 0.224 e. The molecule has 26 heavy (non-hydrogen) atoms. The van der Waals surface area contributed by atoms with Crippen molar-refractivity contribution in [1.82, 2.24) is 0 Å². The summed E-state index contributed by atoms with van der Waals surface area (Å²) in [6.45, 7) is 1.58. The van der Waals surface area contributed by atoms with E-state index in [9.17, 15) is 14.0 Å². The normalized spacial score (nSPS) is 10.3. The van der Waals surface area contributed by atoms with E-state index in [0.717, 1.165) is 0 Å². The Kier molecular flexibility index (Phi) is 7.24. The Labute approximate surface area is 160 Å². The molecule has 0 bridgehead atoms. The van der Waals surface area contributed by atoms with Crippen LogP contribution in [-0.4, -0.2) is 18.4 Å². The zero-order chi connectivity index (χ0) is 19.1. The summed E-state index contributed by atoms with van der Waals surface area (Å²) in [4.78, 5) is 23.0. The summed E-state index contributed by atoms with van der Waals surface area (Å²) in [5.41, 5.74) is 0.401. The number of carbonyl (C=O) groups is 2. The van der Waals surface area contributed by atoms with E-state index >= 15 is 0 Å². The zero-order valence-corrected chi connectivity index (χ0v) is 15.5. The monoisotopic (exact) mass is 398 g/mol. The molecule has 2 aromatic carbocycles. The number of hydrogen-bond donors (Lipinski definition) is 2. The Bertz CT molecular complexity index is 815. The van der Waals surface area contributed by atoms with E-state index in [1.807, 2.05) is 0 Å². The number of amides is 2. The molecular weight excluding hydrogens is 382 g/mol. The Morgan fingerprint density at radius 2 is 1.88 bits per heavy atom. The average Bonchev–Trinajstić information content (AvgIpc) is 2.56. The second-order valence-electron chi connectivity index (χ2n) is 5.45. The van der Waals surface area contributed by atoms with Crippen molar-refractivity contribution in [1.29, 1.82) is 0 Å². The van der Waals surface area contributed by atoms with Crippen LogP contribution in [0.5, 0.6) is 5.75 Å². The van der Waals surface area contributed by atoms with Crippen LogP contribution in [0.4, 0.5) is 15.8 Å². The Morgan fingerprint density at radius 1 is 1.12 bits per heavy atom. The minimum Gasteiger partial charge on any atom is -0.492 e. The lowest BCUT2D eigenvalue weighted by atomic mass is 10.2. The summed E-state index contributed by atoms with van der Waals surface area (Å²) in [5.74, 6) is -0.733. The number of hydrogen-bond acceptors (Lipinski definition) is 3. The summed E-state index contributed by atoms with van der Waals surface area (Å²) in [5, 5.41) is 5.92. The number of halogens is 3. The molecule has 2 N–H and O–H groups in total. The highest BCUT2D eigenvalue weighted by Crippen LogP contribution is 2.27. The van der Waals surface area contributed by atoms with Crippen LogP contribution < -0.4 is 15.4 Å². The van der Waals surface area contributed by atoms with Crippen molar-refractivity contribution in [2.75, 3.05) is 17.2 Å². The van der Waals surface area contributed by atoms with Crippen molar-refractivity contribution in [3.8, 4) is 5.75 Å². The third-order valence-corrected chi connectivity index (χ3v) is 3.79. The lowest BCUT2D eigenvalue weighted by molar-refractivity contribution is -0.116. The lowest BCUT2D eigenvalue weighted by Crippen LogP contribution is -2.14. The molecule has 8 heteroatoms. The first-order valence-electron chi connectivity index (χ1n) is 7.80. The molecule has 0 atom stereocenters. The summed E-state index contributed by atoms with van der Waals surface area (Å²) in [7, 11) is 0. The minimum atomic E-state index is -0.577. The minimum absolute atomic E-state index is 0.0102. The summed E-state index contributed by atoms with van der Waals surface area (Å²) < 4.78 is 19.1. The zero-order valence-electron chi connectivity index (χ0n) is 13.9. The molecule has 2 aromatic rings. The van der Waals surface area contributed by atoms with Crippen LogP contribution in [0.15, 0.2) is 36.4 Å². The molecule has 0 aliphatic heterocycles.